The van der Waals surface area contributed by atoms with Crippen LogP contribution in [0.15, 0.2) is 29.1 Å². The van der Waals surface area contributed by atoms with Crippen LogP contribution in [-0.4, -0.2) is 26.4 Å². The van der Waals surface area contributed by atoms with Crippen molar-refractivity contribution in [2.24, 2.45) is 0 Å². The molecule has 1 atom stereocenters. The summed E-state index contributed by atoms with van der Waals surface area (Å²) in [4.78, 5) is 12.4. The molecule has 106 valence electrons. The minimum absolute atomic E-state index is 0.264. The van der Waals surface area contributed by atoms with Crippen LogP contribution in [0.1, 0.15) is 16.8 Å². The number of hydrogen-bond acceptors (Lipinski definition) is 7. The number of ether oxygens (including phenoxy) is 2. The summed E-state index contributed by atoms with van der Waals surface area (Å²) in [7, 11) is 0. The SMILES string of the molecule is Cc1nnc2sc([C@@H]3COc4ccccc4O3)nn2c1=O. The minimum atomic E-state index is -0.355. The van der Waals surface area contributed by atoms with Crippen LogP contribution < -0.4 is 15.0 Å². The number of aryl methyl sites for hydroxylation is 1. The second kappa shape index (κ2) is 4.52. The van der Waals surface area contributed by atoms with E-state index in [0.29, 0.717) is 33.8 Å². The molecule has 0 aliphatic carbocycles. The summed E-state index contributed by atoms with van der Waals surface area (Å²) in [6.07, 6.45) is -0.355. The molecule has 0 fully saturated rings. The number of fused-ring (bicyclic) bond motifs is 2. The van der Waals surface area contributed by atoms with E-state index < -0.39 is 0 Å². The fourth-order valence-corrected chi connectivity index (χ4v) is 2.93. The molecule has 0 radical (unpaired) electrons. The van der Waals surface area contributed by atoms with E-state index >= 15 is 0 Å². The van der Waals surface area contributed by atoms with Gasteiger partial charge in [0.2, 0.25) is 4.96 Å². The van der Waals surface area contributed by atoms with E-state index in [9.17, 15) is 4.79 Å². The van der Waals surface area contributed by atoms with Crippen LogP contribution in [0.5, 0.6) is 11.5 Å². The normalized spacial score (nSPS) is 17.1. The Labute approximate surface area is 122 Å². The molecule has 8 heteroatoms. The molecule has 0 N–H and O–H groups in total. The smallest absolute Gasteiger partial charge is 0.296 e. The van der Waals surface area contributed by atoms with Gasteiger partial charge in [-0.2, -0.15) is 9.61 Å². The summed E-state index contributed by atoms with van der Waals surface area (Å²) < 4.78 is 12.8. The first kappa shape index (κ1) is 12.3. The molecule has 0 bridgehead atoms. The van der Waals surface area contributed by atoms with Gasteiger partial charge in [-0.3, -0.25) is 4.79 Å². The van der Waals surface area contributed by atoms with E-state index in [-0.39, 0.29) is 11.7 Å². The topological polar surface area (TPSA) is 78.6 Å². The molecule has 4 rings (SSSR count). The molecule has 1 aromatic carbocycles. The van der Waals surface area contributed by atoms with Crippen molar-refractivity contribution in [1.29, 1.82) is 0 Å². The summed E-state index contributed by atoms with van der Waals surface area (Å²) in [5.74, 6) is 1.38. The van der Waals surface area contributed by atoms with Crippen molar-refractivity contribution >= 4 is 16.3 Å². The first-order valence-corrected chi connectivity index (χ1v) is 7.15. The van der Waals surface area contributed by atoms with Gasteiger partial charge in [0.05, 0.1) is 0 Å². The van der Waals surface area contributed by atoms with Gasteiger partial charge in [0.1, 0.15) is 12.3 Å². The van der Waals surface area contributed by atoms with Crippen molar-refractivity contribution in [2.75, 3.05) is 6.61 Å². The zero-order chi connectivity index (χ0) is 14.4. The lowest BCUT2D eigenvalue weighted by molar-refractivity contribution is 0.0904. The zero-order valence-corrected chi connectivity index (χ0v) is 11.8. The second-order valence-corrected chi connectivity index (χ2v) is 5.58. The number of rotatable bonds is 1. The van der Waals surface area contributed by atoms with Crippen LogP contribution in [0.3, 0.4) is 0 Å². The van der Waals surface area contributed by atoms with Crippen molar-refractivity contribution in [3.05, 3.63) is 45.3 Å². The van der Waals surface area contributed by atoms with E-state index in [0.717, 1.165) is 0 Å². The summed E-state index contributed by atoms with van der Waals surface area (Å²) >= 11 is 1.27. The van der Waals surface area contributed by atoms with Crippen LogP contribution >= 0.6 is 11.3 Å². The highest BCUT2D eigenvalue weighted by Gasteiger charge is 2.26. The first-order valence-electron chi connectivity index (χ1n) is 6.34. The summed E-state index contributed by atoms with van der Waals surface area (Å²) in [6.45, 7) is 1.95. The molecule has 1 aliphatic heterocycles. The Balaban J connectivity index is 1.75. The predicted octanol–water partition coefficient (Wildman–Crippen LogP) is 1.37. The van der Waals surface area contributed by atoms with E-state index in [1.165, 1.54) is 15.9 Å². The van der Waals surface area contributed by atoms with Crippen molar-refractivity contribution in [3.8, 4) is 11.5 Å². The molecule has 3 heterocycles. The lowest BCUT2D eigenvalue weighted by Crippen LogP contribution is -2.23. The minimum Gasteiger partial charge on any atom is -0.485 e. The highest BCUT2D eigenvalue weighted by atomic mass is 32.1. The van der Waals surface area contributed by atoms with E-state index in [2.05, 4.69) is 15.3 Å². The third-order valence-electron chi connectivity index (χ3n) is 3.15. The number of benzene rings is 1. The molecular weight excluding hydrogens is 292 g/mol. The average Bonchev–Trinajstić information content (AvgIpc) is 2.95. The van der Waals surface area contributed by atoms with Crippen molar-refractivity contribution in [3.63, 3.8) is 0 Å². The molecule has 1 aliphatic rings. The highest BCUT2D eigenvalue weighted by Crippen LogP contribution is 2.36. The van der Waals surface area contributed by atoms with Crippen LogP contribution in [0.4, 0.5) is 0 Å². The quantitative estimate of drug-likeness (QED) is 0.675. The maximum Gasteiger partial charge on any atom is 0.296 e. The Morgan fingerprint density at radius 1 is 1.29 bits per heavy atom. The van der Waals surface area contributed by atoms with Gasteiger partial charge in [-0.15, -0.1) is 10.2 Å². The van der Waals surface area contributed by atoms with Gasteiger partial charge >= 0.3 is 0 Å². The maximum absolute atomic E-state index is 12.0. The van der Waals surface area contributed by atoms with Gasteiger partial charge < -0.3 is 9.47 Å². The molecule has 2 aromatic heterocycles. The Morgan fingerprint density at radius 3 is 2.95 bits per heavy atom. The third-order valence-corrected chi connectivity index (χ3v) is 4.14. The lowest BCUT2D eigenvalue weighted by atomic mass is 10.3. The Bertz CT molecular complexity index is 888. The zero-order valence-electron chi connectivity index (χ0n) is 11.0. The number of para-hydroxylation sites is 2. The molecule has 0 unspecified atom stereocenters. The Hall–Kier alpha value is -2.48. The summed E-state index contributed by atoms with van der Waals surface area (Å²) in [5, 5.41) is 12.7. The molecule has 0 amide bonds. The van der Waals surface area contributed by atoms with Gasteiger partial charge in [-0.05, 0) is 19.1 Å². The monoisotopic (exact) mass is 302 g/mol. The van der Waals surface area contributed by atoms with Gasteiger partial charge in [0, 0.05) is 0 Å². The molecular formula is C13H10N4O3S. The molecule has 21 heavy (non-hydrogen) atoms. The van der Waals surface area contributed by atoms with Crippen LogP contribution in [0, 0.1) is 6.92 Å². The van der Waals surface area contributed by atoms with Gasteiger partial charge in [0.15, 0.2) is 22.6 Å². The third kappa shape index (κ3) is 1.95. The Morgan fingerprint density at radius 2 is 2.10 bits per heavy atom. The number of hydrogen-bond donors (Lipinski definition) is 0. The summed E-state index contributed by atoms with van der Waals surface area (Å²) in [6, 6.07) is 7.45. The molecule has 0 saturated carbocycles. The fraction of sp³-hybridized carbons (Fsp3) is 0.231. The maximum atomic E-state index is 12.0. The standard InChI is InChI=1S/C13H10N4O3S/c1-7-12(18)17-13(15-14-7)21-11(16-17)10-6-19-8-4-2-3-5-9(8)20-10/h2-5,10H,6H2,1H3/t10-/m0/s1. The number of nitrogens with zero attached hydrogens (tertiary/aromatic N) is 4. The van der Waals surface area contributed by atoms with Crippen LogP contribution in [-0.2, 0) is 0 Å². The number of aromatic nitrogens is 4. The van der Waals surface area contributed by atoms with E-state index in [4.69, 9.17) is 9.47 Å². The van der Waals surface area contributed by atoms with E-state index in [1.807, 2.05) is 24.3 Å². The fourth-order valence-electron chi connectivity index (χ4n) is 2.08. The second-order valence-electron chi connectivity index (χ2n) is 4.59. The van der Waals surface area contributed by atoms with Crippen LogP contribution in [0.25, 0.3) is 4.96 Å². The van der Waals surface area contributed by atoms with E-state index in [1.54, 1.807) is 6.92 Å². The molecule has 7 nitrogen and oxygen atoms in total. The van der Waals surface area contributed by atoms with Gasteiger partial charge in [-0.1, -0.05) is 23.5 Å². The largest absolute Gasteiger partial charge is 0.485 e. The highest BCUT2D eigenvalue weighted by molar-refractivity contribution is 7.16. The molecule has 3 aromatic rings. The predicted molar refractivity (Wildman–Crippen MR) is 75.0 cm³/mol. The van der Waals surface area contributed by atoms with Gasteiger partial charge in [-0.25, -0.2) is 0 Å². The van der Waals surface area contributed by atoms with Gasteiger partial charge in [0.25, 0.3) is 5.56 Å². The lowest BCUT2D eigenvalue weighted by Gasteiger charge is -2.24. The average molecular weight is 302 g/mol. The van der Waals surface area contributed by atoms with Crippen molar-refractivity contribution in [1.82, 2.24) is 19.8 Å². The Kier molecular flexibility index (Phi) is 2.64. The van der Waals surface area contributed by atoms with Crippen LogP contribution in [0.2, 0.25) is 0 Å². The summed E-state index contributed by atoms with van der Waals surface area (Å²) in [5.41, 5.74) is 0.0511. The van der Waals surface area contributed by atoms with Crippen molar-refractivity contribution < 1.29 is 9.47 Å². The van der Waals surface area contributed by atoms with Crippen molar-refractivity contribution in [2.45, 2.75) is 13.0 Å². The first-order chi connectivity index (χ1) is 10.2. The molecule has 0 saturated heterocycles. The molecule has 0 spiro atoms.